The van der Waals surface area contributed by atoms with Crippen LogP contribution in [0.15, 0.2) is 0 Å². The first kappa shape index (κ1) is 13.0. The molecule has 1 saturated carbocycles. The normalized spacial score (nSPS) is 19.0. The van der Waals surface area contributed by atoms with Crippen LogP contribution < -0.4 is 0 Å². The molecular formula is C13H27NO. The molecule has 0 bridgehead atoms. The van der Waals surface area contributed by atoms with E-state index in [0.717, 1.165) is 25.6 Å². The molecular weight excluding hydrogens is 186 g/mol. The maximum atomic E-state index is 9.77. The van der Waals surface area contributed by atoms with Crippen LogP contribution in [0, 0.1) is 5.92 Å². The van der Waals surface area contributed by atoms with Gasteiger partial charge in [-0.3, -0.25) is 0 Å². The number of likely N-dealkylation sites (N-methyl/N-ethyl adjacent to an activating group) is 1. The highest BCUT2D eigenvalue weighted by Gasteiger charge is 2.19. The van der Waals surface area contributed by atoms with E-state index in [1.54, 1.807) is 0 Å². The van der Waals surface area contributed by atoms with Crippen LogP contribution in [0.5, 0.6) is 0 Å². The van der Waals surface area contributed by atoms with Gasteiger partial charge < -0.3 is 10.0 Å². The lowest BCUT2D eigenvalue weighted by atomic mass is 10.0. The van der Waals surface area contributed by atoms with Crippen molar-refractivity contribution >= 4 is 0 Å². The van der Waals surface area contributed by atoms with E-state index in [2.05, 4.69) is 11.8 Å². The minimum Gasteiger partial charge on any atom is -0.389 e. The summed E-state index contributed by atoms with van der Waals surface area (Å²) >= 11 is 0. The molecule has 0 radical (unpaired) electrons. The summed E-state index contributed by atoms with van der Waals surface area (Å²) in [5.41, 5.74) is -0.550. The zero-order chi connectivity index (χ0) is 11.3. The van der Waals surface area contributed by atoms with E-state index in [9.17, 15) is 5.11 Å². The van der Waals surface area contributed by atoms with E-state index in [1.807, 2.05) is 13.8 Å². The van der Waals surface area contributed by atoms with Gasteiger partial charge in [-0.1, -0.05) is 32.6 Å². The average Bonchev–Trinajstić information content (AvgIpc) is 2.62. The van der Waals surface area contributed by atoms with Crippen molar-refractivity contribution in [3.8, 4) is 0 Å². The molecule has 2 nitrogen and oxygen atoms in total. The van der Waals surface area contributed by atoms with E-state index in [4.69, 9.17) is 0 Å². The molecule has 0 unspecified atom stereocenters. The first-order valence-corrected chi connectivity index (χ1v) is 6.46. The lowest BCUT2D eigenvalue weighted by Gasteiger charge is -2.28. The van der Waals surface area contributed by atoms with E-state index < -0.39 is 5.60 Å². The van der Waals surface area contributed by atoms with Gasteiger partial charge in [0.25, 0.3) is 0 Å². The van der Waals surface area contributed by atoms with Crippen molar-refractivity contribution in [2.75, 3.05) is 19.6 Å². The molecule has 0 heterocycles. The maximum Gasteiger partial charge on any atom is 0.0718 e. The molecule has 1 fully saturated rings. The Morgan fingerprint density at radius 2 is 1.87 bits per heavy atom. The van der Waals surface area contributed by atoms with Crippen molar-refractivity contribution in [2.24, 2.45) is 5.92 Å². The molecule has 1 N–H and O–H groups in total. The SMILES string of the molecule is CCN(CCC1CCCC1)CC(C)(C)O. The third-order valence-electron chi connectivity index (χ3n) is 3.39. The second-order valence-electron chi connectivity index (χ2n) is 5.62. The molecule has 90 valence electrons. The first-order chi connectivity index (χ1) is 7.01. The highest BCUT2D eigenvalue weighted by Crippen LogP contribution is 2.27. The quantitative estimate of drug-likeness (QED) is 0.733. The van der Waals surface area contributed by atoms with Crippen LogP contribution >= 0.6 is 0 Å². The van der Waals surface area contributed by atoms with Gasteiger partial charge in [0, 0.05) is 6.54 Å². The van der Waals surface area contributed by atoms with Gasteiger partial charge in [-0.05, 0) is 39.3 Å². The molecule has 0 spiro atoms. The molecule has 2 heteroatoms. The van der Waals surface area contributed by atoms with Crippen molar-refractivity contribution in [1.82, 2.24) is 4.90 Å². The molecule has 0 atom stereocenters. The van der Waals surface area contributed by atoms with E-state index in [0.29, 0.717) is 0 Å². The van der Waals surface area contributed by atoms with Gasteiger partial charge in [0.1, 0.15) is 0 Å². The van der Waals surface area contributed by atoms with Crippen molar-refractivity contribution in [2.45, 2.75) is 58.5 Å². The third-order valence-corrected chi connectivity index (χ3v) is 3.39. The smallest absolute Gasteiger partial charge is 0.0718 e. The second-order valence-corrected chi connectivity index (χ2v) is 5.62. The Bertz CT molecular complexity index is 168. The Balaban J connectivity index is 2.21. The Morgan fingerprint density at radius 3 is 2.33 bits per heavy atom. The molecule has 1 aliphatic rings. The third kappa shape index (κ3) is 5.53. The Kier molecular flexibility index (Phi) is 5.07. The van der Waals surface area contributed by atoms with Crippen molar-refractivity contribution in [3.63, 3.8) is 0 Å². The predicted octanol–water partition coefficient (Wildman–Crippen LogP) is 2.66. The fraction of sp³-hybridized carbons (Fsp3) is 1.00. The fourth-order valence-corrected chi connectivity index (χ4v) is 2.56. The summed E-state index contributed by atoms with van der Waals surface area (Å²) in [6.45, 7) is 8.98. The van der Waals surface area contributed by atoms with Gasteiger partial charge in [0.2, 0.25) is 0 Å². The van der Waals surface area contributed by atoms with E-state index >= 15 is 0 Å². The largest absolute Gasteiger partial charge is 0.389 e. The van der Waals surface area contributed by atoms with Gasteiger partial charge in [-0.2, -0.15) is 0 Å². The summed E-state index contributed by atoms with van der Waals surface area (Å²) in [5, 5.41) is 9.77. The van der Waals surface area contributed by atoms with Gasteiger partial charge in [-0.15, -0.1) is 0 Å². The molecule has 15 heavy (non-hydrogen) atoms. The summed E-state index contributed by atoms with van der Waals surface area (Å²) in [6.07, 6.45) is 7.05. The molecule has 0 aromatic rings. The lowest BCUT2D eigenvalue weighted by Crippen LogP contribution is -2.39. The zero-order valence-electron chi connectivity index (χ0n) is 10.6. The lowest BCUT2D eigenvalue weighted by molar-refractivity contribution is 0.0362. The minimum absolute atomic E-state index is 0.550. The highest BCUT2D eigenvalue weighted by molar-refractivity contribution is 4.74. The number of hydrogen-bond acceptors (Lipinski definition) is 2. The summed E-state index contributed by atoms with van der Waals surface area (Å²) < 4.78 is 0. The van der Waals surface area contributed by atoms with Crippen LogP contribution in [0.4, 0.5) is 0 Å². The first-order valence-electron chi connectivity index (χ1n) is 6.46. The van der Waals surface area contributed by atoms with Gasteiger partial charge >= 0.3 is 0 Å². The average molecular weight is 213 g/mol. The van der Waals surface area contributed by atoms with Crippen molar-refractivity contribution < 1.29 is 5.11 Å². The van der Waals surface area contributed by atoms with Crippen LogP contribution in [0.3, 0.4) is 0 Å². The van der Waals surface area contributed by atoms with Crippen LogP contribution in [0.1, 0.15) is 52.9 Å². The van der Waals surface area contributed by atoms with Crippen LogP contribution in [0.25, 0.3) is 0 Å². The summed E-state index contributed by atoms with van der Waals surface area (Å²) in [7, 11) is 0. The Labute approximate surface area is 94.7 Å². The monoisotopic (exact) mass is 213 g/mol. The van der Waals surface area contributed by atoms with E-state index in [-0.39, 0.29) is 0 Å². The number of rotatable bonds is 6. The Hall–Kier alpha value is -0.0800. The number of hydrogen-bond donors (Lipinski definition) is 1. The van der Waals surface area contributed by atoms with Crippen LogP contribution in [-0.2, 0) is 0 Å². The topological polar surface area (TPSA) is 23.5 Å². The highest BCUT2D eigenvalue weighted by atomic mass is 16.3. The molecule has 0 aromatic carbocycles. The van der Waals surface area contributed by atoms with Crippen LogP contribution in [0.2, 0.25) is 0 Å². The second kappa shape index (κ2) is 5.86. The summed E-state index contributed by atoms with van der Waals surface area (Å²) in [5.74, 6) is 0.959. The van der Waals surface area contributed by atoms with Crippen LogP contribution in [-0.4, -0.2) is 35.2 Å². The molecule has 1 rings (SSSR count). The standard InChI is InChI=1S/C13H27NO/c1-4-14(11-13(2,3)15)10-9-12-7-5-6-8-12/h12,15H,4-11H2,1-3H3. The summed E-state index contributed by atoms with van der Waals surface area (Å²) in [4.78, 5) is 2.37. The maximum absolute atomic E-state index is 9.77. The minimum atomic E-state index is -0.550. The number of nitrogens with zero attached hydrogens (tertiary/aromatic N) is 1. The van der Waals surface area contributed by atoms with Gasteiger partial charge in [0.15, 0.2) is 0 Å². The summed E-state index contributed by atoms with van der Waals surface area (Å²) in [6, 6.07) is 0. The van der Waals surface area contributed by atoms with E-state index in [1.165, 1.54) is 32.1 Å². The molecule has 0 aliphatic heterocycles. The molecule has 0 amide bonds. The molecule has 1 aliphatic carbocycles. The van der Waals surface area contributed by atoms with Crippen molar-refractivity contribution in [1.29, 1.82) is 0 Å². The van der Waals surface area contributed by atoms with Gasteiger partial charge in [0.05, 0.1) is 5.60 Å². The van der Waals surface area contributed by atoms with Gasteiger partial charge in [-0.25, -0.2) is 0 Å². The predicted molar refractivity (Wildman–Crippen MR) is 65.0 cm³/mol. The fourth-order valence-electron chi connectivity index (χ4n) is 2.56. The van der Waals surface area contributed by atoms with Crippen molar-refractivity contribution in [3.05, 3.63) is 0 Å². The molecule has 0 aromatic heterocycles. The zero-order valence-corrected chi connectivity index (χ0v) is 10.6. The number of aliphatic hydroxyl groups is 1. The Morgan fingerprint density at radius 1 is 1.27 bits per heavy atom. The molecule has 0 saturated heterocycles.